The molecule has 0 atom stereocenters. The summed E-state index contributed by atoms with van der Waals surface area (Å²) in [5, 5.41) is 25.2. The Morgan fingerprint density at radius 2 is 2.04 bits per heavy atom. The lowest BCUT2D eigenvalue weighted by atomic mass is 10.1. The van der Waals surface area contributed by atoms with Gasteiger partial charge in [-0.15, -0.1) is 22.7 Å². The summed E-state index contributed by atoms with van der Waals surface area (Å²) < 4.78 is 5.74. The number of furan rings is 1. The van der Waals surface area contributed by atoms with Gasteiger partial charge < -0.3 is 4.42 Å². The number of benzene rings is 1. The molecule has 3 heterocycles. The summed E-state index contributed by atoms with van der Waals surface area (Å²) in [6, 6.07) is 15.8. The fourth-order valence-corrected chi connectivity index (χ4v) is 4.18. The summed E-state index contributed by atoms with van der Waals surface area (Å²) in [6.07, 6.45) is 1.59. The Balaban J connectivity index is 1.66. The van der Waals surface area contributed by atoms with E-state index in [9.17, 15) is 15.4 Å². The maximum atomic E-state index is 11.2. The summed E-state index contributed by atoms with van der Waals surface area (Å²) in [7, 11) is 0. The number of thiophene rings is 1. The van der Waals surface area contributed by atoms with E-state index in [4.69, 9.17) is 4.42 Å². The van der Waals surface area contributed by atoms with E-state index in [-0.39, 0.29) is 5.69 Å². The number of allylic oxidation sites excluding steroid dienone is 1. The molecule has 3 aromatic heterocycles. The van der Waals surface area contributed by atoms with Crippen molar-refractivity contribution in [2.24, 2.45) is 0 Å². The maximum Gasteiger partial charge on any atom is 0.280 e. The highest BCUT2D eigenvalue weighted by atomic mass is 32.1. The number of nitrogens with zero attached hydrogens (tertiary/aromatic N) is 3. The van der Waals surface area contributed by atoms with Crippen molar-refractivity contribution < 1.29 is 9.34 Å². The first-order valence-electron chi connectivity index (χ1n) is 8.11. The van der Waals surface area contributed by atoms with Crippen LogP contribution < -0.4 is 0 Å². The monoisotopic (exact) mass is 405 g/mol. The molecule has 1 aromatic carbocycles. The molecule has 0 aliphatic carbocycles. The molecule has 6 nitrogen and oxygen atoms in total. The van der Waals surface area contributed by atoms with Crippen molar-refractivity contribution in [2.45, 2.75) is 0 Å². The zero-order valence-corrected chi connectivity index (χ0v) is 15.9. The van der Waals surface area contributed by atoms with Gasteiger partial charge in [-0.3, -0.25) is 10.1 Å². The highest BCUT2D eigenvalue weighted by molar-refractivity contribution is 7.14. The van der Waals surface area contributed by atoms with Crippen LogP contribution in [0.25, 0.3) is 33.5 Å². The van der Waals surface area contributed by atoms with Crippen molar-refractivity contribution >= 4 is 40.0 Å². The van der Waals surface area contributed by atoms with Gasteiger partial charge in [0.15, 0.2) is 0 Å². The molecule has 0 bridgehead atoms. The van der Waals surface area contributed by atoms with Gasteiger partial charge in [0.05, 0.1) is 26.6 Å². The Morgan fingerprint density at radius 1 is 1.18 bits per heavy atom. The van der Waals surface area contributed by atoms with Crippen LogP contribution in [0.15, 0.2) is 63.7 Å². The molecular weight excluding hydrogens is 394 g/mol. The van der Waals surface area contributed by atoms with E-state index in [0.29, 0.717) is 27.7 Å². The molecule has 0 saturated heterocycles. The van der Waals surface area contributed by atoms with Crippen molar-refractivity contribution in [3.63, 3.8) is 0 Å². The number of hydrogen-bond donors (Lipinski definition) is 0. The second-order valence-electron chi connectivity index (χ2n) is 5.66. The average molecular weight is 405 g/mol. The van der Waals surface area contributed by atoms with Crippen molar-refractivity contribution in [3.05, 3.63) is 80.2 Å². The SMILES string of the molecule is N#CC(=Cc1ccc(-c2ccccc2[N+](=O)[O-])o1)c1nc(-c2cccs2)cs1. The number of rotatable bonds is 5. The zero-order valence-electron chi connectivity index (χ0n) is 14.2. The summed E-state index contributed by atoms with van der Waals surface area (Å²) in [4.78, 5) is 16.3. The predicted molar refractivity (Wildman–Crippen MR) is 110 cm³/mol. The van der Waals surface area contributed by atoms with Crippen LogP contribution in [0.3, 0.4) is 0 Å². The number of nitro benzene ring substituents is 1. The molecule has 0 saturated carbocycles. The van der Waals surface area contributed by atoms with Crippen LogP contribution in [0.5, 0.6) is 0 Å². The molecule has 4 rings (SSSR count). The first-order chi connectivity index (χ1) is 13.7. The molecule has 0 fully saturated rings. The van der Waals surface area contributed by atoms with Crippen LogP contribution >= 0.6 is 22.7 Å². The fourth-order valence-electron chi connectivity index (χ4n) is 2.64. The fraction of sp³-hybridized carbons (Fsp3) is 0. The summed E-state index contributed by atoms with van der Waals surface area (Å²) >= 11 is 2.97. The Bertz CT molecular complexity index is 1210. The molecule has 136 valence electrons. The third-order valence-electron chi connectivity index (χ3n) is 3.91. The van der Waals surface area contributed by atoms with E-state index in [2.05, 4.69) is 11.1 Å². The Morgan fingerprint density at radius 3 is 2.79 bits per heavy atom. The Hall–Kier alpha value is -3.54. The van der Waals surface area contributed by atoms with Gasteiger partial charge in [0, 0.05) is 17.5 Å². The van der Waals surface area contributed by atoms with Gasteiger partial charge >= 0.3 is 0 Å². The molecule has 0 spiro atoms. The Labute approximate surface area is 167 Å². The third kappa shape index (κ3) is 3.49. The standard InChI is InChI=1S/C20H11N3O3S2/c21-11-13(20-22-16(12-28-20)19-6-3-9-27-19)10-14-7-8-18(26-14)15-4-1-2-5-17(15)23(24)25/h1-10,12H. The quantitative estimate of drug-likeness (QED) is 0.227. The molecule has 0 N–H and O–H groups in total. The molecule has 4 aromatic rings. The van der Waals surface area contributed by atoms with Crippen molar-refractivity contribution in [1.82, 2.24) is 4.98 Å². The van der Waals surface area contributed by atoms with Gasteiger partial charge in [-0.05, 0) is 29.6 Å². The minimum Gasteiger partial charge on any atom is -0.456 e. The molecule has 0 aliphatic heterocycles. The third-order valence-corrected chi connectivity index (χ3v) is 5.68. The number of nitro groups is 1. The highest BCUT2D eigenvalue weighted by Crippen LogP contribution is 2.33. The Kier molecular flexibility index (Phi) is 4.85. The van der Waals surface area contributed by atoms with Crippen LogP contribution in [-0.4, -0.2) is 9.91 Å². The van der Waals surface area contributed by atoms with E-state index in [1.165, 1.54) is 17.4 Å². The van der Waals surface area contributed by atoms with Gasteiger partial charge in [0.1, 0.15) is 22.6 Å². The molecule has 8 heteroatoms. The zero-order chi connectivity index (χ0) is 19.5. The molecular formula is C20H11N3O3S2. The predicted octanol–water partition coefficient (Wildman–Crippen LogP) is 6.10. The number of aromatic nitrogens is 1. The average Bonchev–Trinajstić information content (AvgIpc) is 3.47. The van der Waals surface area contributed by atoms with Crippen LogP contribution in [0.1, 0.15) is 10.8 Å². The minimum atomic E-state index is -0.449. The molecule has 0 aliphatic rings. The minimum absolute atomic E-state index is 0.0339. The lowest BCUT2D eigenvalue weighted by molar-refractivity contribution is -0.384. The van der Waals surface area contributed by atoms with E-state index in [1.807, 2.05) is 22.9 Å². The lowest BCUT2D eigenvalue weighted by Crippen LogP contribution is -1.90. The van der Waals surface area contributed by atoms with Gasteiger partial charge in [-0.25, -0.2) is 4.98 Å². The van der Waals surface area contributed by atoms with E-state index >= 15 is 0 Å². The maximum absolute atomic E-state index is 11.2. The first kappa shape index (κ1) is 17.9. The topological polar surface area (TPSA) is 93.0 Å². The number of hydrogen-bond acceptors (Lipinski definition) is 7. The summed E-state index contributed by atoms with van der Waals surface area (Å²) in [5.41, 5.74) is 1.56. The van der Waals surface area contributed by atoms with Crippen LogP contribution in [0, 0.1) is 21.4 Å². The van der Waals surface area contributed by atoms with Crippen LogP contribution in [0.2, 0.25) is 0 Å². The second kappa shape index (κ2) is 7.60. The first-order valence-corrected chi connectivity index (χ1v) is 9.87. The van der Waals surface area contributed by atoms with Crippen LogP contribution in [-0.2, 0) is 0 Å². The van der Waals surface area contributed by atoms with E-state index in [0.717, 1.165) is 10.6 Å². The van der Waals surface area contributed by atoms with Crippen molar-refractivity contribution in [2.75, 3.05) is 0 Å². The molecule has 0 radical (unpaired) electrons. The van der Waals surface area contributed by atoms with Crippen molar-refractivity contribution in [1.29, 1.82) is 5.26 Å². The molecule has 28 heavy (non-hydrogen) atoms. The van der Waals surface area contributed by atoms with E-state index in [1.54, 1.807) is 47.7 Å². The molecule has 0 amide bonds. The number of nitriles is 1. The second-order valence-corrected chi connectivity index (χ2v) is 7.47. The van der Waals surface area contributed by atoms with Gasteiger partial charge in [-0.2, -0.15) is 5.26 Å². The van der Waals surface area contributed by atoms with Crippen molar-refractivity contribution in [3.8, 4) is 28.0 Å². The largest absolute Gasteiger partial charge is 0.456 e. The van der Waals surface area contributed by atoms with Gasteiger partial charge in [0.2, 0.25) is 0 Å². The normalized spacial score (nSPS) is 11.3. The van der Waals surface area contributed by atoms with Crippen LogP contribution in [0.4, 0.5) is 5.69 Å². The van der Waals surface area contributed by atoms with E-state index < -0.39 is 4.92 Å². The summed E-state index contributed by atoms with van der Waals surface area (Å²) in [5.74, 6) is 0.798. The van der Waals surface area contributed by atoms with Gasteiger partial charge in [0.25, 0.3) is 5.69 Å². The molecule has 0 unspecified atom stereocenters. The smallest absolute Gasteiger partial charge is 0.280 e. The van der Waals surface area contributed by atoms with Gasteiger partial charge in [-0.1, -0.05) is 18.2 Å². The number of thiazole rings is 1. The number of para-hydroxylation sites is 1. The summed E-state index contributed by atoms with van der Waals surface area (Å²) in [6.45, 7) is 0. The lowest BCUT2D eigenvalue weighted by Gasteiger charge is -1.98. The highest BCUT2D eigenvalue weighted by Gasteiger charge is 2.17.